The Morgan fingerprint density at radius 1 is 1.12 bits per heavy atom. The van der Waals surface area contributed by atoms with Crippen LogP contribution in [0.2, 0.25) is 0 Å². The number of methoxy groups -OCH3 is 1. The van der Waals surface area contributed by atoms with Gasteiger partial charge in [0.2, 0.25) is 0 Å². The maximum absolute atomic E-state index is 5.42. The minimum Gasteiger partial charge on any atom is -0.382 e. The molecule has 0 bridgehead atoms. The van der Waals surface area contributed by atoms with Crippen molar-refractivity contribution in [3.05, 3.63) is 0 Å². The Labute approximate surface area is 104 Å². The third-order valence-corrected chi connectivity index (χ3v) is 2.68. The van der Waals surface area contributed by atoms with Crippen molar-refractivity contribution in [3.63, 3.8) is 0 Å². The molecule has 0 saturated carbocycles. The number of hydrogen-bond acceptors (Lipinski definition) is 5. The number of hydrogen-bond donors (Lipinski definition) is 1. The van der Waals surface area contributed by atoms with Crippen LogP contribution in [0, 0.1) is 5.92 Å². The van der Waals surface area contributed by atoms with Gasteiger partial charge in [-0.25, -0.2) is 0 Å². The van der Waals surface area contributed by atoms with Crippen LogP contribution in [-0.4, -0.2) is 66.4 Å². The Hall–Kier alpha value is -0.200. The highest BCUT2D eigenvalue weighted by molar-refractivity contribution is 4.66. The summed E-state index contributed by atoms with van der Waals surface area (Å²) in [5.74, 6) is 0.687. The molecule has 0 aromatic carbocycles. The predicted molar refractivity (Wildman–Crippen MR) is 65.3 cm³/mol. The molecule has 0 aromatic heterocycles. The molecule has 0 amide bonds. The first-order valence-corrected chi connectivity index (χ1v) is 6.36. The van der Waals surface area contributed by atoms with Crippen LogP contribution in [0.3, 0.4) is 0 Å². The van der Waals surface area contributed by atoms with Gasteiger partial charge in [0.25, 0.3) is 0 Å². The van der Waals surface area contributed by atoms with E-state index in [1.54, 1.807) is 7.11 Å². The zero-order chi connectivity index (χ0) is 12.2. The molecule has 17 heavy (non-hydrogen) atoms. The smallest absolute Gasteiger partial charge is 0.0701 e. The Balaban J connectivity index is 1.69. The van der Waals surface area contributed by atoms with Gasteiger partial charge in [0, 0.05) is 26.8 Å². The standard InChI is InChI=1S/C12H25NO4/c1-14-6-7-16-9-8-15-5-3-13-10-12-2-4-17-11-12/h12-13H,2-11H2,1H3. The van der Waals surface area contributed by atoms with E-state index in [9.17, 15) is 0 Å². The van der Waals surface area contributed by atoms with Gasteiger partial charge in [-0.2, -0.15) is 0 Å². The van der Waals surface area contributed by atoms with Gasteiger partial charge >= 0.3 is 0 Å². The average Bonchev–Trinajstić information content (AvgIpc) is 2.85. The quantitative estimate of drug-likeness (QED) is 0.532. The SMILES string of the molecule is COCCOCCOCCNCC1CCOC1. The summed E-state index contributed by atoms with van der Waals surface area (Å²) < 4.78 is 20.9. The molecule has 0 radical (unpaired) electrons. The molecule has 5 heteroatoms. The fourth-order valence-electron chi connectivity index (χ4n) is 1.66. The van der Waals surface area contributed by atoms with Crippen LogP contribution in [0.1, 0.15) is 6.42 Å². The minimum atomic E-state index is 0.639. The molecule has 1 fully saturated rings. The normalized spacial score (nSPS) is 19.9. The zero-order valence-electron chi connectivity index (χ0n) is 10.8. The van der Waals surface area contributed by atoms with Gasteiger partial charge in [0.1, 0.15) is 0 Å². The first-order chi connectivity index (χ1) is 8.43. The summed E-state index contributed by atoms with van der Waals surface area (Å²) in [5, 5.41) is 3.37. The summed E-state index contributed by atoms with van der Waals surface area (Å²) in [5.41, 5.74) is 0. The monoisotopic (exact) mass is 247 g/mol. The lowest BCUT2D eigenvalue weighted by Gasteiger charge is -2.09. The fraction of sp³-hybridized carbons (Fsp3) is 1.00. The largest absolute Gasteiger partial charge is 0.382 e. The second-order valence-corrected chi connectivity index (χ2v) is 4.15. The Kier molecular flexibility index (Phi) is 9.55. The van der Waals surface area contributed by atoms with Crippen molar-refractivity contribution in [2.45, 2.75) is 6.42 Å². The van der Waals surface area contributed by atoms with Crippen LogP contribution in [0.25, 0.3) is 0 Å². The van der Waals surface area contributed by atoms with Gasteiger partial charge in [-0.3, -0.25) is 0 Å². The van der Waals surface area contributed by atoms with Gasteiger partial charge in [0.05, 0.1) is 39.6 Å². The molecule has 0 aromatic rings. The summed E-state index contributed by atoms with van der Waals surface area (Å²) in [6.07, 6.45) is 1.18. The summed E-state index contributed by atoms with van der Waals surface area (Å²) in [6.45, 7) is 7.06. The van der Waals surface area contributed by atoms with Crippen LogP contribution in [-0.2, 0) is 18.9 Å². The molecular formula is C12H25NO4. The van der Waals surface area contributed by atoms with Gasteiger partial charge in [-0.05, 0) is 12.3 Å². The first-order valence-electron chi connectivity index (χ1n) is 6.36. The molecule has 0 spiro atoms. The van der Waals surface area contributed by atoms with Crippen LogP contribution < -0.4 is 5.32 Å². The topological polar surface area (TPSA) is 49.0 Å². The van der Waals surface area contributed by atoms with Crippen molar-refractivity contribution in [1.29, 1.82) is 0 Å². The van der Waals surface area contributed by atoms with Gasteiger partial charge < -0.3 is 24.3 Å². The molecule has 1 rings (SSSR count). The van der Waals surface area contributed by atoms with E-state index >= 15 is 0 Å². The van der Waals surface area contributed by atoms with E-state index in [2.05, 4.69) is 5.32 Å². The summed E-state index contributed by atoms with van der Waals surface area (Å²) in [7, 11) is 1.67. The van der Waals surface area contributed by atoms with Gasteiger partial charge in [-0.15, -0.1) is 0 Å². The highest BCUT2D eigenvalue weighted by atomic mass is 16.5. The van der Waals surface area contributed by atoms with Crippen molar-refractivity contribution < 1.29 is 18.9 Å². The lowest BCUT2D eigenvalue weighted by atomic mass is 10.1. The molecule has 1 saturated heterocycles. The summed E-state index contributed by atoms with van der Waals surface area (Å²) >= 11 is 0. The van der Waals surface area contributed by atoms with Gasteiger partial charge in [-0.1, -0.05) is 0 Å². The molecule has 1 aliphatic rings. The van der Waals surface area contributed by atoms with E-state index in [0.29, 0.717) is 32.3 Å². The first kappa shape index (κ1) is 14.9. The van der Waals surface area contributed by atoms with Crippen molar-refractivity contribution in [1.82, 2.24) is 5.32 Å². The summed E-state index contributed by atoms with van der Waals surface area (Å²) in [4.78, 5) is 0. The molecule has 1 atom stereocenters. The molecule has 5 nitrogen and oxygen atoms in total. The second kappa shape index (κ2) is 10.9. The van der Waals surface area contributed by atoms with E-state index in [1.807, 2.05) is 0 Å². The summed E-state index contributed by atoms with van der Waals surface area (Å²) in [6, 6.07) is 0. The lowest BCUT2D eigenvalue weighted by Crippen LogP contribution is -2.27. The third-order valence-electron chi connectivity index (χ3n) is 2.68. The molecule has 0 aliphatic carbocycles. The van der Waals surface area contributed by atoms with E-state index in [0.717, 1.165) is 32.9 Å². The van der Waals surface area contributed by atoms with Crippen LogP contribution in [0.4, 0.5) is 0 Å². The Morgan fingerprint density at radius 3 is 2.59 bits per heavy atom. The van der Waals surface area contributed by atoms with Crippen molar-refractivity contribution in [2.24, 2.45) is 5.92 Å². The van der Waals surface area contributed by atoms with Crippen LogP contribution >= 0.6 is 0 Å². The average molecular weight is 247 g/mol. The highest BCUT2D eigenvalue weighted by Gasteiger charge is 2.14. The molecule has 1 aliphatic heterocycles. The Morgan fingerprint density at radius 2 is 1.88 bits per heavy atom. The molecule has 102 valence electrons. The van der Waals surface area contributed by atoms with E-state index < -0.39 is 0 Å². The predicted octanol–water partition coefficient (Wildman–Crippen LogP) is 0.292. The molecule has 1 heterocycles. The molecule has 1 N–H and O–H groups in total. The second-order valence-electron chi connectivity index (χ2n) is 4.15. The van der Waals surface area contributed by atoms with E-state index in [1.165, 1.54) is 6.42 Å². The number of nitrogens with one attached hydrogen (secondary N) is 1. The third kappa shape index (κ3) is 8.51. The zero-order valence-corrected chi connectivity index (χ0v) is 10.8. The van der Waals surface area contributed by atoms with E-state index in [-0.39, 0.29) is 0 Å². The van der Waals surface area contributed by atoms with E-state index in [4.69, 9.17) is 18.9 Å². The van der Waals surface area contributed by atoms with Gasteiger partial charge in [0.15, 0.2) is 0 Å². The Bertz CT molecular complexity index is 163. The van der Waals surface area contributed by atoms with Crippen molar-refractivity contribution >= 4 is 0 Å². The maximum atomic E-state index is 5.42. The fourth-order valence-corrected chi connectivity index (χ4v) is 1.66. The highest BCUT2D eigenvalue weighted by Crippen LogP contribution is 2.10. The number of rotatable bonds is 11. The van der Waals surface area contributed by atoms with Crippen molar-refractivity contribution in [3.8, 4) is 0 Å². The van der Waals surface area contributed by atoms with Crippen LogP contribution in [0.15, 0.2) is 0 Å². The number of ether oxygens (including phenoxy) is 4. The van der Waals surface area contributed by atoms with Crippen LogP contribution in [0.5, 0.6) is 0 Å². The molecule has 1 unspecified atom stereocenters. The molecular weight excluding hydrogens is 222 g/mol. The van der Waals surface area contributed by atoms with Crippen molar-refractivity contribution in [2.75, 3.05) is 66.4 Å². The lowest BCUT2D eigenvalue weighted by molar-refractivity contribution is 0.0254. The maximum Gasteiger partial charge on any atom is 0.0701 e. The minimum absolute atomic E-state index is 0.639.